The number of hydrogen-bond acceptors (Lipinski definition) is 5. The number of hydrogen-bond donors (Lipinski definition) is 1. The third kappa shape index (κ3) is 2.66. The highest BCUT2D eigenvalue weighted by molar-refractivity contribution is 8.00. The smallest absolute Gasteiger partial charge is 0.168 e. The zero-order chi connectivity index (χ0) is 13.1. The summed E-state index contributed by atoms with van der Waals surface area (Å²) in [5, 5.41) is 8.05. The van der Waals surface area contributed by atoms with Crippen LogP contribution in [0.2, 0.25) is 0 Å². The lowest BCUT2D eigenvalue weighted by atomic mass is 10.3. The Balaban J connectivity index is 2.57. The van der Waals surface area contributed by atoms with E-state index in [0.29, 0.717) is 9.44 Å². The predicted molar refractivity (Wildman–Crippen MR) is 78.7 cm³/mol. The van der Waals surface area contributed by atoms with Gasteiger partial charge < -0.3 is 4.74 Å². The van der Waals surface area contributed by atoms with Gasteiger partial charge in [0.15, 0.2) is 3.95 Å². The molecule has 0 bridgehead atoms. The molecule has 0 aliphatic rings. The van der Waals surface area contributed by atoms with Crippen LogP contribution in [0, 0.1) is 9.36 Å². The number of thioether (sulfide) groups is 1. The maximum Gasteiger partial charge on any atom is 0.168 e. The Morgan fingerprint density at radius 3 is 2.50 bits per heavy atom. The average Bonchev–Trinajstić information content (AvgIpc) is 2.38. The van der Waals surface area contributed by atoms with Gasteiger partial charge in [0.05, 0.1) is 11.3 Å². The van der Waals surface area contributed by atoms with E-state index in [4.69, 9.17) is 22.4 Å². The quantitative estimate of drug-likeness (QED) is 0.696. The predicted octanol–water partition coefficient (Wildman–Crippen LogP) is 3.48. The van der Waals surface area contributed by atoms with Crippen LogP contribution in [0.5, 0.6) is 5.75 Å². The van der Waals surface area contributed by atoms with Crippen LogP contribution in [0.3, 0.4) is 0 Å². The zero-order valence-corrected chi connectivity index (χ0v) is 12.4. The lowest BCUT2D eigenvalue weighted by molar-refractivity contribution is 0.414. The summed E-state index contributed by atoms with van der Waals surface area (Å²) in [6.07, 6.45) is 1.98. The summed E-state index contributed by atoms with van der Waals surface area (Å²) in [6.45, 7) is 0. The SMILES string of the molecule is COc1ccc(-n2c(=N)cc(SC)sc2=S)cc1. The van der Waals surface area contributed by atoms with E-state index in [1.165, 1.54) is 11.3 Å². The summed E-state index contributed by atoms with van der Waals surface area (Å²) in [4.78, 5) is 0. The number of ether oxygens (including phenoxy) is 1. The van der Waals surface area contributed by atoms with Crippen LogP contribution >= 0.6 is 35.3 Å². The molecule has 1 aromatic heterocycles. The standard InChI is InChI=1S/C12H12N2OS3/c1-15-9-5-3-8(4-6-9)14-10(13)7-11(17-2)18-12(14)16/h3-7,13H,1-2H3. The number of benzene rings is 1. The van der Waals surface area contributed by atoms with Crippen molar-refractivity contribution in [1.29, 1.82) is 5.41 Å². The molecule has 0 radical (unpaired) electrons. The second-order valence-electron chi connectivity index (χ2n) is 3.45. The molecule has 0 saturated heterocycles. The van der Waals surface area contributed by atoms with Gasteiger partial charge in [-0.25, -0.2) is 0 Å². The van der Waals surface area contributed by atoms with Crippen molar-refractivity contribution in [1.82, 2.24) is 4.57 Å². The molecule has 2 aromatic rings. The van der Waals surface area contributed by atoms with Gasteiger partial charge in [0.25, 0.3) is 0 Å². The average molecular weight is 296 g/mol. The van der Waals surface area contributed by atoms with E-state index in [2.05, 4.69) is 0 Å². The first-order valence-electron chi connectivity index (χ1n) is 5.16. The molecular weight excluding hydrogens is 284 g/mol. The van der Waals surface area contributed by atoms with Crippen LogP contribution in [0.1, 0.15) is 0 Å². The fourth-order valence-corrected chi connectivity index (χ4v) is 3.58. The summed E-state index contributed by atoms with van der Waals surface area (Å²) < 4.78 is 8.60. The van der Waals surface area contributed by atoms with Crippen molar-refractivity contribution in [2.24, 2.45) is 0 Å². The second-order valence-corrected chi connectivity index (χ2v) is 6.24. The molecular formula is C12H12N2OS3. The van der Waals surface area contributed by atoms with Crippen LogP contribution in [0.15, 0.2) is 34.5 Å². The van der Waals surface area contributed by atoms with Gasteiger partial charge in [0.2, 0.25) is 0 Å². The Hall–Kier alpha value is -1.11. The number of methoxy groups -OCH3 is 1. The van der Waals surface area contributed by atoms with E-state index in [0.717, 1.165) is 15.6 Å². The number of rotatable bonds is 3. The van der Waals surface area contributed by atoms with Gasteiger partial charge in [-0.2, -0.15) is 0 Å². The molecule has 18 heavy (non-hydrogen) atoms. The van der Waals surface area contributed by atoms with Crippen molar-refractivity contribution in [3.63, 3.8) is 0 Å². The van der Waals surface area contributed by atoms with Gasteiger partial charge >= 0.3 is 0 Å². The molecule has 2 rings (SSSR count). The molecule has 0 unspecified atom stereocenters. The minimum absolute atomic E-state index is 0.397. The van der Waals surface area contributed by atoms with Gasteiger partial charge in [-0.15, -0.1) is 11.8 Å². The van der Waals surface area contributed by atoms with Crippen molar-refractivity contribution in [3.05, 3.63) is 39.8 Å². The van der Waals surface area contributed by atoms with Crippen LogP contribution in [0.4, 0.5) is 0 Å². The summed E-state index contributed by atoms with van der Waals surface area (Å²) in [7, 11) is 1.63. The summed E-state index contributed by atoms with van der Waals surface area (Å²) in [6, 6.07) is 9.36. The van der Waals surface area contributed by atoms with Crippen LogP contribution in [-0.4, -0.2) is 17.9 Å². The van der Waals surface area contributed by atoms with Gasteiger partial charge in [-0.05, 0) is 42.7 Å². The lowest BCUT2D eigenvalue weighted by Gasteiger charge is -2.08. The molecule has 1 aromatic carbocycles. The molecule has 1 heterocycles. The van der Waals surface area contributed by atoms with Crippen molar-refractivity contribution < 1.29 is 4.74 Å². The number of nitrogens with zero attached hydrogens (tertiary/aromatic N) is 1. The second kappa shape index (κ2) is 5.69. The van der Waals surface area contributed by atoms with Crippen LogP contribution in [-0.2, 0) is 0 Å². The molecule has 6 heteroatoms. The van der Waals surface area contributed by atoms with Crippen LogP contribution < -0.4 is 10.2 Å². The Morgan fingerprint density at radius 1 is 1.33 bits per heavy atom. The summed E-state index contributed by atoms with van der Waals surface area (Å²) in [5.41, 5.74) is 1.28. The molecule has 0 aliphatic carbocycles. The first kappa shape index (κ1) is 13.3. The first-order chi connectivity index (χ1) is 8.65. The third-order valence-corrected chi connectivity index (χ3v) is 4.78. The van der Waals surface area contributed by atoms with Crippen molar-refractivity contribution in [2.75, 3.05) is 13.4 Å². The highest BCUT2D eigenvalue weighted by atomic mass is 32.2. The number of nitrogens with one attached hydrogen (secondary N) is 1. The fraction of sp³-hybridized carbons (Fsp3) is 0.167. The normalized spacial score (nSPS) is 10.3. The maximum atomic E-state index is 8.05. The highest BCUT2D eigenvalue weighted by Crippen LogP contribution is 2.21. The first-order valence-corrected chi connectivity index (χ1v) is 7.61. The van der Waals surface area contributed by atoms with E-state index >= 15 is 0 Å². The lowest BCUT2D eigenvalue weighted by Crippen LogP contribution is -2.17. The van der Waals surface area contributed by atoms with Gasteiger partial charge in [-0.3, -0.25) is 9.98 Å². The van der Waals surface area contributed by atoms with Gasteiger partial charge in [-0.1, -0.05) is 11.3 Å². The topological polar surface area (TPSA) is 38.0 Å². The van der Waals surface area contributed by atoms with Crippen molar-refractivity contribution >= 4 is 35.3 Å². The molecule has 0 amide bonds. The van der Waals surface area contributed by atoms with Gasteiger partial charge in [0.1, 0.15) is 11.2 Å². The molecule has 3 nitrogen and oxygen atoms in total. The third-order valence-electron chi connectivity index (χ3n) is 2.40. The largest absolute Gasteiger partial charge is 0.497 e. The minimum atomic E-state index is 0.397. The Kier molecular flexibility index (Phi) is 4.21. The molecule has 0 fully saturated rings. The van der Waals surface area contributed by atoms with E-state index < -0.39 is 0 Å². The van der Waals surface area contributed by atoms with Crippen molar-refractivity contribution in [2.45, 2.75) is 4.21 Å². The Morgan fingerprint density at radius 2 is 2.00 bits per heavy atom. The minimum Gasteiger partial charge on any atom is -0.497 e. The Labute approximate surface area is 119 Å². The molecule has 0 aliphatic heterocycles. The van der Waals surface area contributed by atoms with E-state index in [1.807, 2.05) is 36.6 Å². The molecule has 1 N–H and O–H groups in total. The molecule has 0 spiro atoms. The fourth-order valence-electron chi connectivity index (χ4n) is 1.51. The zero-order valence-electron chi connectivity index (χ0n) is 9.97. The van der Waals surface area contributed by atoms with E-state index in [9.17, 15) is 0 Å². The Bertz CT molecular complexity index is 627. The van der Waals surface area contributed by atoms with Crippen molar-refractivity contribution in [3.8, 4) is 11.4 Å². The summed E-state index contributed by atoms with van der Waals surface area (Å²) >= 11 is 8.47. The highest BCUT2D eigenvalue weighted by Gasteiger charge is 2.03. The monoisotopic (exact) mass is 296 g/mol. The van der Waals surface area contributed by atoms with Crippen LogP contribution in [0.25, 0.3) is 5.69 Å². The molecule has 0 atom stereocenters. The molecule has 94 valence electrons. The molecule has 0 saturated carbocycles. The van der Waals surface area contributed by atoms with E-state index in [-0.39, 0.29) is 0 Å². The maximum absolute atomic E-state index is 8.05. The van der Waals surface area contributed by atoms with E-state index in [1.54, 1.807) is 23.4 Å². The number of aromatic nitrogens is 1. The van der Waals surface area contributed by atoms with Gasteiger partial charge in [0, 0.05) is 11.8 Å². The summed E-state index contributed by atoms with van der Waals surface area (Å²) in [5.74, 6) is 0.793.